The molecule has 8 heteroatoms. The molecule has 25 heavy (non-hydrogen) atoms. The monoisotopic (exact) mass is 367 g/mol. The lowest BCUT2D eigenvalue weighted by Gasteiger charge is -2.28. The topological polar surface area (TPSA) is 63.5 Å². The van der Waals surface area contributed by atoms with E-state index in [2.05, 4.69) is 26.6 Å². The maximum atomic E-state index is 12.8. The molecule has 3 rings (SSSR count). The number of nitrogens with zero attached hydrogens (tertiary/aromatic N) is 5. The van der Waals surface area contributed by atoms with Crippen molar-refractivity contribution in [1.29, 1.82) is 0 Å². The molecule has 0 aliphatic carbocycles. The molecule has 1 aromatic heterocycles. The summed E-state index contributed by atoms with van der Waals surface area (Å²) in [5.41, 5.74) is 0. The molecule has 1 atom stereocenters. The summed E-state index contributed by atoms with van der Waals surface area (Å²) in [6.07, 6.45) is 4.71. The second-order valence-corrected chi connectivity index (χ2v) is 7.93. The minimum atomic E-state index is -0.134. The molecule has 1 unspecified atom stereocenters. The molecule has 0 saturated carbocycles. The maximum absolute atomic E-state index is 12.8. The fraction of sp³-hybridized carbons (Fsp3) is 0.824. The van der Waals surface area contributed by atoms with Crippen LogP contribution in [-0.2, 0) is 16.1 Å². The van der Waals surface area contributed by atoms with Crippen molar-refractivity contribution in [3.05, 3.63) is 0 Å². The van der Waals surface area contributed by atoms with Crippen molar-refractivity contribution in [3.8, 4) is 0 Å². The zero-order valence-corrected chi connectivity index (χ0v) is 16.1. The molecule has 2 aliphatic heterocycles. The van der Waals surface area contributed by atoms with Gasteiger partial charge in [-0.2, -0.15) is 0 Å². The van der Waals surface area contributed by atoms with Crippen molar-refractivity contribution in [2.24, 2.45) is 0 Å². The van der Waals surface area contributed by atoms with Crippen LogP contribution in [0.1, 0.15) is 39.5 Å². The summed E-state index contributed by atoms with van der Waals surface area (Å²) >= 11 is 1.53. The fourth-order valence-corrected chi connectivity index (χ4v) is 4.39. The third-order valence-corrected chi connectivity index (χ3v) is 5.92. The Morgan fingerprint density at radius 3 is 2.44 bits per heavy atom. The molecule has 7 nitrogen and oxygen atoms in total. The largest absolute Gasteiger partial charge is 0.378 e. The number of likely N-dealkylation sites (tertiary alicyclic amines) is 1. The summed E-state index contributed by atoms with van der Waals surface area (Å²) in [4.78, 5) is 17.0. The molecule has 0 spiro atoms. The number of aromatic nitrogens is 3. The van der Waals surface area contributed by atoms with E-state index in [1.165, 1.54) is 24.6 Å². The lowest BCUT2D eigenvalue weighted by atomic mass is 10.2. The Morgan fingerprint density at radius 2 is 1.80 bits per heavy atom. The summed E-state index contributed by atoms with van der Waals surface area (Å²) < 4.78 is 7.53. The van der Waals surface area contributed by atoms with Gasteiger partial charge >= 0.3 is 0 Å². The van der Waals surface area contributed by atoms with Gasteiger partial charge in [0, 0.05) is 32.7 Å². The normalized spacial score (nSPS) is 20.4. The van der Waals surface area contributed by atoms with Gasteiger partial charge in [0.15, 0.2) is 5.16 Å². The molecule has 0 radical (unpaired) electrons. The quantitative estimate of drug-likeness (QED) is 0.742. The average Bonchev–Trinajstić information content (AvgIpc) is 2.86. The Balaban J connectivity index is 1.67. The zero-order chi connectivity index (χ0) is 17.6. The van der Waals surface area contributed by atoms with E-state index in [9.17, 15) is 4.79 Å². The molecule has 140 valence electrons. The van der Waals surface area contributed by atoms with Crippen LogP contribution in [-0.4, -0.2) is 70.2 Å². The number of amides is 1. The fourth-order valence-electron chi connectivity index (χ4n) is 3.40. The number of carbonyl (C=O) groups excluding carboxylic acids is 1. The first-order valence-corrected chi connectivity index (χ1v) is 10.3. The van der Waals surface area contributed by atoms with Crippen LogP contribution < -0.4 is 4.90 Å². The van der Waals surface area contributed by atoms with Crippen molar-refractivity contribution in [2.45, 2.75) is 56.5 Å². The van der Waals surface area contributed by atoms with Gasteiger partial charge in [-0.15, -0.1) is 10.2 Å². The second-order valence-electron chi connectivity index (χ2n) is 6.63. The average molecular weight is 368 g/mol. The van der Waals surface area contributed by atoms with Gasteiger partial charge < -0.3 is 14.5 Å². The van der Waals surface area contributed by atoms with Gasteiger partial charge in [-0.3, -0.25) is 9.36 Å². The third kappa shape index (κ3) is 4.47. The third-order valence-electron chi connectivity index (χ3n) is 4.86. The van der Waals surface area contributed by atoms with E-state index in [0.717, 1.165) is 69.9 Å². The van der Waals surface area contributed by atoms with Crippen LogP contribution in [0, 0.1) is 0 Å². The van der Waals surface area contributed by atoms with Crippen LogP contribution >= 0.6 is 11.8 Å². The first-order valence-electron chi connectivity index (χ1n) is 9.42. The molecule has 2 saturated heterocycles. The van der Waals surface area contributed by atoms with E-state index in [1.54, 1.807) is 0 Å². The molecule has 0 bridgehead atoms. The van der Waals surface area contributed by atoms with Crippen LogP contribution in [0.5, 0.6) is 0 Å². The molecule has 1 aromatic rings. The Labute approximate surface area is 154 Å². The number of hydrogen-bond donors (Lipinski definition) is 0. The van der Waals surface area contributed by atoms with Gasteiger partial charge in [0.25, 0.3) is 0 Å². The number of thioether (sulfide) groups is 1. The Morgan fingerprint density at radius 1 is 1.12 bits per heavy atom. The summed E-state index contributed by atoms with van der Waals surface area (Å²) in [6, 6.07) is 0. The first kappa shape index (κ1) is 18.5. The highest BCUT2D eigenvalue weighted by molar-refractivity contribution is 8.00. The van der Waals surface area contributed by atoms with Crippen molar-refractivity contribution in [1.82, 2.24) is 19.7 Å². The molecule has 0 aromatic carbocycles. The Hall–Kier alpha value is -1.28. The number of carbonyl (C=O) groups is 1. The van der Waals surface area contributed by atoms with Gasteiger partial charge in [-0.1, -0.05) is 24.6 Å². The highest BCUT2D eigenvalue weighted by Gasteiger charge is 2.26. The number of morpholine rings is 1. The molecule has 0 N–H and O–H groups in total. The molecular formula is C17H29N5O2S. The van der Waals surface area contributed by atoms with Crippen molar-refractivity contribution < 1.29 is 9.53 Å². The molecule has 2 aliphatic rings. The van der Waals surface area contributed by atoms with E-state index in [4.69, 9.17) is 4.74 Å². The standard InChI is InChI=1S/C17H29N5O2S/c1-3-22-16(21-10-12-24-13-11-21)18-19-17(22)25-14(2)15(23)20-8-6-4-5-7-9-20/h14H,3-13H2,1-2H3. The van der Waals surface area contributed by atoms with E-state index in [0.29, 0.717) is 0 Å². The highest BCUT2D eigenvalue weighted by atomic mass is 32.2. The van der Waals surface area contributed by atoms with Crippen LogP contribution in [0.4, 0.5) is 5.95 Å². The molecule has 1 amide bonds. The summed E-state index contributed by atoms with van der Waals surface area (Å²) in [5, 5.41) is 9.46. The van der Waals surface area contributed by atoms with Crippen LogP contribution in [0.2, 0.25) is 0 Å². The van der Waals surface area contributed by atoms with Crippen LogP contribution in [0.15, 0.2) is 5.16 Å². The van der Waals surface area contributed by atoms with Crippen LogP contribution in [0.25, 0.3) is 0 Å². The second kappa shape index (κ2) is 8.89. The number of rotatable bonds is 5. The molecule has 3 heterocycles. The minimum Gasteiger partial charge on any atom is -0.378 e. The van der Waals surface area contributed by atoms with E-state index < -0.39 is 0 Å². The number of ether oxygens (including phenoxy) is 1. The van der Waals surface area contributed by atoms with Gasteiger partial charge in [-0.25, -0.2) is 0 Å². The van der Waals surface area contributed by atoms with E-state index in [-0.39, 0.29) is 11.2 Å². The minimum absolute atomic E-state index is 0.134. The summed E-state index contributed by atoms with van der Waals surface area (Å²) in [6.45, 7) is 9.79. The first-order chi connectivity index (χ1) is 12.2. The van der Waals surface area contributed by atoms with E-state index in [1.807, 2.05) is 11.8 Å². The Bertz CT molecular complexity index is 565. The van der Waals surface area contributed by atoms with Gasteiger partial charge in [-0.05, 0) is 26.7 Å². The van der Waals surface area contributed by atoms with E-state index >= 15 is 0 Å². The van der Waals surface area contributed by atoms with Gasteiger partial charge in [0.2, 0.25) is 11.9 Å². The zero-order valence-electron chi connectivity index (χ0n) is 15.3. The lowest BCUT2D eigenvalue weighted by Crippen LogP contribution is -2.38. The number of anilines is 1. The van der Waals surface area contributed by atoms with Crippen molar-refractivity contribution in [3.63, 3.8) is 0 Å². The highest BCUT2D eigenvalue weighted by Crippen LogP contribution is 2.27. The molecular weight excluding hydrogens is 338 g/mol. The number of hydrogen-bond acceptors (Lipinski definition) is 6. The lowest BCUT2D eigenvalue weighted by molar-refractivity contribution is -0.130. The smallest absolute Gasteiger partial charge is 0.235 e. The Kier molecular flexibility index (Phi) is 6.58. The van der Waals surface area contributed by atoms with Gasteiger partial charge in [0.1, 0.15) is 0 Å². The maximum Gasteiger partial charge on any atom is 0.235 e. The predicted molar refractivity (Wildman–Crippen MR) is 99.1 cm³/mol. The van der Waals surface area contributed by atoms with Crippen molar-refractivity contribution >= 4 is 23.6 Å². The summed E-state index contributed by atoms with van der Waals surface area (Å²) in [5.74, 6) is 1.12. The van der Waals surface area contributed by atoms with Crippen molar-refractivity contribution in [2.75, 3.05) is 44.3 Å². The van der Waals surface area contributed by atoms with Crippen LogP contribution in [0.3, 0.4) is 0 Å². The SMILES string of the molecule is CCn1c(SC(C)C(=O)N2CCCCCC2)nnc1N1CCOCC1. The summed E-state index contributed by atoms with van der Waals surface area (Å²) in [7, 11) is 0. The molecule has 2 fully saturated rings. The predicted octanol–water partition coefficient (Wildman–Crippen LogP) is 2.02. The van der Waals surface area contributed by atoms with Gasteiger partial charge in [0.05, 0.1) is 18.5 Å².